The van der Waals surface area contributed by atoms with Crippen molar-refractivity contribution in [3.05, 3.63) is 120 Å². The molecule has 0 saturated carbocycles. The average Bonchev–Trinajstić information content (AvgIpc) is 2.84. The second-order valence-electron chi connectivity index (χ2n) is 6.38. The van der Waals surface area contributed by atoms with Crippen molar-refractivity contribution in [2.24, 2.45) is 0 Å². The van der Waals surface area contributed by atoms with E-state index in [9.17, 15) is 0 Å². The van der Waals surface area contributed by atoms with Gasteiger partial charge >= 0.3 is 0 Å². The molecule has 2 aromatic heterocycles. The van der Waals surface area contributed by atoms with Gasteiger partial charge in [-0.2, -0.15) is 15.0 Å². The standard InChI is InChI=1S/C28H20N4/c1-3-5-10-23(9-4-2)13-16-26-30-27(17-14-24-11-7-6-8-12-24)32-28(31-26)18-15-25-19-21-29-22-20-25/h3-5,7,9-12,19-22H,1-2,6,8H2/b10-5-,23-9+. The Labute approximate surface area is 189 Å². The van der Waals surface area contributed by atoms with Crippen LogP contribution in [0.15, 0.2) is 97.4 Å². The molecule has 0 aromatic carbocycles. The molecule has 2 aromatic rings. The van der Waals surface area contributed by atoms with Gasteiger partial charge in [-0.3, -0.25) is 4.98 Å². The van der Waals surface area contributed by atoms with Gasteiger partial charge < -0.3 is 0 Å². The molecule has 0 N–H and O–H groups in total. The summed E-state index contributed by atoms with van der Waals surface area (Å²) in [4.78, 5) is 17.1. The Kier molecular flexibility index (Phi) is 8.30. The Morgan fingerprint density at radius 1 is 0.844 bits per heavy atom. The summed E-state index contributed by atoms with van der Waals surface area (Å²) in [5.41, 5.74) is 2.50. The van der Waals surface area contributed by atoms with Crippen LogP contribution in [-0.4, -0.2) is 19.9 Å². The first kappa shape index (κ1) is 22.0. The quantitative estimate of drug-likeness (QED) is 0.550. The van der Waals surface area contributed by atoms with Crippen molar-refractivity contribution >= 4 is 0 Å². The summed E-state index contributed by atoms with van der Waals surface area (Å²) < 4.78 is 0. The van der Waals surface area contributed by atoms with Crippen LogP contribution in [0.4, 0.5) is 0 Å². The zero-order chi connectivity index (χ0) is 22.4. The maximum atomic E-state index is 4.39. The fraction of sp³-hybridized carbons (Fsp3) is 0.0714. The Morgan fingerprint density at radius 2 is 1.56 bits per heavy atom. The zero-order valence-electron chi connectivity index (χ0n) is 17.5. The third-order valence-electron chi connectivity index (χ3n) is 3.98. The molecule has 0 bridgehead atoms. The molecule has 32 heavy (non-hydrogen) atoms. The number of allylic oxidation sites excluding steroid dienone is 10. The van der Waals surface area contributed by atoms with Crippen LogP contribution < -0.4 is 0 Å². The lowest BCUT2D eigenvalue weighted by molar-refractivity contribution is 0.976. The van der Waals surface area contributed by atoms with Crippen molar-refractivity contribution in [1.82, 2.24) is 19.9 Å². The molecule has 3 rings (SSSR count). The van der Waals surface area contributed by atoms with Gasteiger partial charge in [0.1, 0.15) is 0 Å². The van der Waals surface area contributed by atoms with Gasteiger partial charge in [-0.05, 0) is 54.9 Å². The Hall–Kier alpha value is -4.72. The van der Waals surface area contributed by atoms with E-state index in [1.54, 1.807) is 36.7 Å². The van der Waals surface area contributed by atoms with Gasteiger partial charge in [0.15, 0.2) is 0 Å². The Morgan fingerprint density at radius 3 is 2.22 bits per heavy atom. The molecular formula is C28H20N4. The van der Waals surface area contributed by atoms with E-state index in [2.05, 4.69) is 80.8 Å². The first-order valence-electron chi connectivity index (χ1n) is 9.97. The van der Waals surface area contributed by atoms with Gasteiger partial charge in [-0.25, -0.2) is 0 Å². The first-order chi connectivity index (χ1) is 15.8. The molecule has 152 valence electrons. The summed E-state index contributed by atoms with van der Waals surface area (Å²) in [6, 6.07) is 3.63. The minimum atomic E-state index is 0.290. The van der Waals surface area contributed by atoms with Crippen molar-refractivity contribution in [2.75, 3.05) is 0 Å². The van der Waals surface area contributed by atoms with Gasteiger partial charge in [-0.15, -0.1) is 0 Å². The van der Waals surface area contributed by atoms with Crippen LogP contribution in [0.2, 0.25) is 0 Å². The predicted octanol–water partition coefficient (Wildman–Crippen LogP) is 4.50. The van der Waals surface area contributed by atoms with E-state index in [1.165, 1.54) is 0 Å². The lowest BCUT2D eigenvalue weighted by atomic mass is 10.1. The van der Waals surface area contributed by atoms with E-state index >= 15 is 0 Å². The molecular weight excluding hydrogens is 392 g/mol. The maximum Gasteiger partial charge on any atom is 0.210 e. The van der Waals surface area contributed by atoms with E-state index in [-0.39, 0.29) is 0 Å². The minimum Gasteiger partial charge on any atom is -0.265 e. The first-order valence-corrected chi connectivity index (χ1v) is 9.97. The highest BCUT2D eigenvalue weighted by molar-refractivity contribution is 5.46. The Bertz CT molecular complexity index is 1310. The van der Waals surface area contributed by atoms with Crippen LogP contribution in [0.5, 0.6) is 0 Å². The number of hydrogen-bond donors (Lipinski definition) is 0. The molecule has 0 spiro atoms. The van der Waals surface area contributed by atoms with Gasteiger partial charge in [-0.1, -0.05) is 67.4 Å². The normalized spacial score (nSPS) is 12.4. The van der Waals surface area contributed by atoms with Gasteiger partial charge in [0.25, 0.3) is 0 Å². The number of hydrogen-bond acceptors (Lipinski definition) is 4. The molecule has 0 unspecified atom stereocenters. The number of rotatable bonds is 3. The SMILES string of the molecule is C=C/C=C\C(C#Cc1nc(C#CC2=CCCC=C2)nc(C#Cc2ccncc2)n1)=C/C=C. The van der Waals surface area contributed by atoms with Crippen LogP contribution in [0, 0.1) is 35.5 Å². The predicted molar refractivity (Wildman–Crippen MR) is 128 cm³/mol. The smallest absolute Gasteiger partial charge is 0.210 e. The number of nitrogens with zero attached hydrogens (tertiary/aromatic N) is 4. The second kappa shape index (κ2) is 12.1. The lowest BCUT2D eigenvalue weighted by Gasteiger charge is -1.98. The van der Waals surface area contributed by atoms with Crippen LogP contribution >= 0.6 is 0 Å². The molecule has 0 atom stereocenters. The summed E-state index contributed by atoms with van der Waals surface area (Å²) in [5, 5.41) is 0. The molecule has 1 aliphatic carbocycles. The van der Waals surface area contributed by atoms with Gasteiger partial charge in [0.05, 0.1) is 0 Å². The highest BCUT2D eigenvalue weighted by Gasteiger charge is 2.02. The largest absolute Gasteiger partial charge is 0.265 e. The van der Waals surface area contributed by atoms with E-state index in [0.29, 0.717) is 17.5 Å². The highest BCUT2D eigenvalue weighted by Crippen LogP contribution is 2.08. The summed E-state index contributed by atoms with van der Waals surface area (Å²) in [5.74, 6) is 19.0. The summed E-state index contributed by atoms with van der Waals surface area (Å²) in [6.45, 7) is 7.39. The number of aromatic nitrogens is 4. The molecule has 0 aliphatic heterocycles. The van der Waals surface area contributed by atoms with E-state index in [1.807, 2.05) is 24.3 Å². The van der Waals surface area contributed by atoms with Crippen LogP contribution in [0.1, 0.15) is 35.9 Å². The van der Waals surface area contributed by atoms with Crippen molar-refractivity contribution < 1.29 is 0 Å². The summed E-state index contributed by atoms with van der Waals surface area (Å²) in [6.07, 6.45) is 20.3. The molecule has 2 heterocycles. The number of pyridine rings is 1. The van der Waals surface area contributed by atoms with E-state index in [0.717, 1.165) is 29.6 Å². The third kappa shape index (κ3) is 7.27. The average molecular weight is 412 g/mol. The monoisotopic (exact) mass is 412 g/mol. The van der Waals surface area contributed by atoms with E-state index in [4.69, 9.17) is 0 Å². The molecule has 0 fully saturated rings. The van der Waals surface area contributed by atoms with Crippen molar-refractivity contribution in [3.63, 3.8) is 0 Å². The zero-order valence-corrected chi connectivity index (χ0v) is 17.5. The topological polar surface area (TPSA) is 51.6 Å². The van der Waals surface area contributed by atoms with Gasteiger partial charge in [0, 0.05) is 29.1 Å². The lowest BCUT2D eigenvalue weighted by Crippen LogP contribution is -2.01. The maximum absolute atomic E-state index is 4.39. The summed E-state index contributed by atoms with van der Waals surface area (Å²) >= 11 is 0. The van der Waals surface area contributed by atoms with Crippen molar-refractivity contribution in [1.29, 1.82) is 0 Å². The molecule has 0 saturated heterocycles. The van der Waals surface area contributed by atoms with Crippen LogP contribution in [-0.2, 0) is 0 Å². The van der Waals surface area contributed by atoms with Crippen LogP contribution in [0.25, 0.3) is 0 Å². The molecule has 4 heteroatoms. The van der Waals surface area contributed by atoms with Crippen molar-refractivity contribution in [3.8, 4) is 35.5 Å². The summed E-state index contributed by atoms with van der Waals surface area (Å²) in [7, 11) is 0. The molecule has 0 amide bonds. The van der Waals surface area contributed by atoms with Gasteiger partial charge in [0.2, 0.25) is 17.5 Å². The third-order valence-corrected chi connectivity index (χ3v) is 3.98. The second-order valence-corrected chi connectivity index (χ2v) is 6.38. The highest BCUT2D eigenvalue weighted by atomic mass is 15.0. The fourth-order valence-corrected chi connectivity index (χ4v) is 2.51. The van der Waals surface area contributed by atoms with Crippen molar-refractivity contribution in [2.45, 2.75) is 12.8 Å². The molecule has 1 aliphatic rings. The van der Waals surface area contributed by atoms with E-state index < -0.39 is 0 Å². The molecule has 4 nitrogen and oxygen atoms in total. The molecule has 0 radical (unpaired) electrons. The Balaban J connectivity index is 2.00. The fourth-order valence-electron chi connectivity index (χ4n) is 2.51. The van der Waals surface area contributed by atoms with Crippen LogP contribution in [0.3, 0.4) is 0 Å². The minimum absolute atomic E-state index is 0.290.